The Morgan fingerprint density at radius 1 is 1.36 bits per heavy atom. The summed E-state index contributed by atoms with van der Waals surface area (Å²) in [4.78, 5) is 14.8. The third kappa shape index (κ3) is 4.25. The minimum atomic E-state index is -0.0173. The number of aryl methyl sites for hydroxylation is 1. The van der Waals surface area contributed by atoms with Crippen LogP contribution in [0.5, 0.6) is 0 Å². The first-order chi connectivity index (χ1) is 11.5. The van der Waals surface area contributed by atoms with Gasteiger partial charge in [0.2, 0.25) is 0 Å². The molecule has 25 heavy (non-hydrogen) atoms. The van der Waals surface area contributed by atoms with Gasteiger partial charge in [-0.1, -0.05) is 22.9 Å². The smallest absolute Gasteiger partial charge is 0.274 e. The van der Waals surface area contributed by atoms with Crippen molar-refractivity contribution in [3.05, 3.63) is 46.2 Å². The molecule has 0 spiro atoms. The maximum absolute atomic E-state index is 12.9. The van der Waals surface area contributed by atoms with Crippen LogP contribution in [0.3, 0.4) is 0 Å². The van der Waals surface area contributed by atoms with Crippen LogP contribution >= 0.6 is 28.3 Å². The summed E-state index contributed by atoms with van der Waals surface area (Å²) in [5, 5.41) is 4.54. The summed E-state index contributed by atoms with van der Waals surface area (Å²) >= 11 is 3.43. The zero-order valence-electron chi connectivity index (χ0n) is 14.5. The van der Waals surface area contributed by atoms with Gasteiger partial charge in [0.05, 0.1) is 5.69 Å². The van der Waals surface area contributed by atoms with Crippen molar-refractivity contribution in [2.24, 2.45) is 11.7 Å². The lowest BCUT2D eigenvalue weighted by Crippen LogP contribution is -2.49. The standard InChI is InChI=1S/C18H23BrN4O.ClH/c1-12-7-8-22(16(9-12)11-20)18(24)17-10-13(2)23(21-17)15-5-3-14(19)4-6-15;/h3-6,10,12,16H,7-9,11,20H2,1-2H3;1H. The molecular formula is C18H24BrClN4O. The van der Waals surface area contributed by atoms with Crippen molar-refractivity contribution in [1.29, 1.82) is 0 Å². The van der Waals surface area contributed by atoms with Crippen LogP contribution in [0, 0.1) is 12.8 Å². The van der Waals surface area contributed by atoms with Gasteiger partial charge in [0.1, 0.15) is 0 Å². The summed E-state index contributed by atoms with van der Waals surface area (Å²) in [6.45, 7) is 5.44. The molecule has 1 saturated heterocycles. The first-order valence-corrected chi connectivity index (χ1v) is 9.12. The number of rotatable bonds is 3. The molecule has 1 fully saturated rings. The summed E-state index contributed by atoms with van der Waals surface area (Å²) in [5.41, 5.74) is 8.26. The average molecular weight is 428 g/mol. The quantitative estimate of drug-likeness (QED) is 0.814. The third-order valence-electron chi connectivity index (χ3n) is 4.69. The monoisotopic (exact) mass is 426 g/mol. The van der Waals surface area contributed by atoms with E-state index in [1.165, 1.54) is 0 Å². The predicted molar refractivity (Wildman–Crippen MR) is 106 cm³/mol. The second-order valence-corrected chi connectivity index (χ2v) is 7.49. The molecule has 7 heteroatoms. The maximum Gasteiger partial charge on any atom is 0.274 e. The van der Waals surface area contributed by atoms with Crippen molar-refractivity contribution < 1.29 is 4.79 Å². The van der Waals surface area contributed by atoms with E-state index in [4.69, 9.17) is 5.73 Å². The summed E-state index contributed by atoms with van der Waals surface area (Å²) in [6, 6.07) is 9.85. The summed E-state index contributed by atoms with van der Waals surface area (Å²) in [7, 11) is 0. The molecular weight excluding hydrogens is 404 g/mol. The topological polar surface area (TPSA) is 64.2 Å². The number of benzene rings is 1. The number of nitrogens with two attached hydrogens (primary N) is 1. The lowest BCUT2D eigenvalue weighted by atomic mass is 9.92. The van der Waals surface area contributed by atoms with E-state index in [1.807, 2.05) is 46.8 Å². The van der Waals surface area contributed by atoms with Gasteiger partial charge in [-0.2, -0.15) is 5.10 Å². The Balaban J connectivity index is 0.00000225. The number of likely N-dealkylation sites (tertiary alicyclic amines) is 1. The number of amides is 1. The Bertz CT molecular complexity index is 731. The Kier molecular flexibility index (Phi) is 6.65. The number of aromatic nitrogens is 2. The van der Waals surface area contributed by atoms with Crippen LogP contribution in [0.4, 0.5) is 0 Å². The SMILES string of the molecule is Cc1cc(C(=O)N2CCC(C)CC2CN)nn1-c1ccc(Br)cc1.Cl. The molecule has 1 aliphatic rings. The van der Waals surface area contributed by atoms with Gasteiger partial charge in [0.15, 0.2) is 5.69 Å². The van der Waals surface area contributed by atoms with E-state index >= 15 is 0 Å². The fraction of sp³-hybridized carbons (Fsp3) is 0.444. The highest BCUT2D eigenvalue weighted by molar-refractivity contribution is 9.10. The summed E-state index contributed by atoms with van der Waals surface area (Å²) in [6.07, 6.45) is 1.99. The third-order valence-corrected chi connectivity index (χ3v) is 5.22. The van der Waals surface area contributed by atoms with Gasteiger partial charge in [-0.3, -0.25) is 4.79 Å². The van der Waals surface area contributed by atoms with Crippen molar-refractivity contribution in [3.63, 3.8) is 0 Å². The fourth-order valence-corrected chi connectivity index (χ4v) is 3.58. The largest absolute Gasteiger partial charge is 0.333 e. The molecule has 2 N–H and O–H groups in total. The second-order valence-electron chi connectivity index (χ2n) is 6.58. The highest BCUT2D eigenvalue weighted by Crippen LogP contribution is 2.24. The molecule has 1 aromatic heterocycles. The van der Waals surface area contributed by atoms with Crippen LogP contribution in [-0.4, -0.2) is 39.7 Å². The second kappa shape index (κ2) is 8.34. The van der Waals surface area contributed by atoms with Gasteiger partial charge in [-0.25, -0.2) is 4.68 Å². The lowest BCUT2D eigenvalue weighted by Gasteiger charge is -2.37. The molecule has 0 saturated carbocycles. The molecule has 5 nitrogen and oxygen atoms in total. The van der Waals surface area contributed by atoms with E-state index in [0.717, 1.165) is 35.2 Å². The van der Waals surface area contributed by atoms with E-state index in [9.17, 15) is 4.79 Å². The molecule has 2 heterocycles. The Hall–Kier alpha value is -1.37. The van der Waals surface area contributed by atoms with E-state index in [1.54, 1.807) is 0 Å². The number of nitrogens with zero attached hydrogens (tertiary/aromatic N) is 3. The van der Waals surface area contributed by atoms with E-state index < -0.39 is 0 Å². The highest BCUT2D eigenvalue weighted by atomic mass is 79.9. The Labute approximate surface area is 163 Å². The number of hydrogen-bond acceptors (Lipinski definition) is 3. The molecule has 2 aromatic rings. The molecule has 0 aliphatic carbocycles. The van der Waals surface area contributed by atoms with Gasteiger partial charge in [0.25, 0.3) is 5.91 Å². The Morgan fingerprint density at radius 3 is 2.68 bits per heavy atom. The van der Waals surface area contributed by atoms with Gasteiger partial charge in [-0.05, 0) is 56.0 Å². The van der Waals surface area contributed by atoms with Gasteiger partial charge < -0.3 is 10.6 Å². The van der Waals surface area contributed by atoms with Crippen molar-refractivity contribution >= 4 is 34.2 Å². The molecule has 1 amide bonds. The molecule has 3 rings (SSSR count). The number of halogens is 2. The van der Waals surface area contributed by atoms with Crippen LogP contribution in [0.1, 0.15) is 35.9 Å². The minimum absolute atomic E-state index is 0. The van der Waals surface area contributed by atoms with Crippen molar-refractivity contribution in [2.45, 2.75) is 32.7 Å². The van der Waals surface area contributed by atoms with Gasteiger partial charge in [0, 0.05) is 29.3 Å². The molecule has 2 atom stereocenters. The van der Waals surface area contributed by atoms with E-state index in [-0.39, 0.29) is 24.4 Å². The number of carbonyl (C=O) groups excluding carboxylic acids is 1. The van der Waals surface area contributed by atoms with Crippen molar-refractivity contribution in [2.75, 3.05) is 13.1 Å². The highest BCUT2D eigenvalue weighted by Gasteiger charge is 2.31. The van der Waals surface area contributed by atoms with Crippen LogP contribution in [-0.2, 0) is 0 Å². The molecule has 1 aromatic carbocycles. The first-order valence-electron chi connectivity index (χ1n) is 8.33. The summed E-state index contributed by atoms with van der Waals surface area (Å²) in [5.74, 6) is 0.598. The van der Waals surface area contributed by atoms with Crippen LogP contribution < -0.4 is 5.73 Å². The number of hydrogen-bond donors (Lipinski definition) is 1. The maximum atomic E-state index is 12.9. The van der Waals surface area contributed by atoms with Gasteiger partial charge in [-0.15, -0.1) is 12.4 Å². The van der Waals surface area contributed by atoms with E-state index in [0.29, 0.717) is 18.2 Å². The van der Waals surface area contributed by atoms with Crippen LogP contribution in [0.25, 0.3) is 5.69 Å². The van der Waals surface area contributed by atoms with Crippen molar-refractivity contribution in [3.8, 4) is 5.69 Å². The average Bonchev–Trinajstić information content (AvgIpc) is 2.96. The minimum Gasteiger partial charge on any atom is -0.333 e. The molecule has 1 aliphatic heterocycles. The zero-order valence-corrected chi connectivity index (χ0v) is 16.9. The van der Waals surface area contributed by atoms with E-state index in [2.05, 4.69) is 28.0 Å². The molecule has 0 bridgehead atoms. The number of piperidine rings is 1. The first kappa shape index (κ1) is 19.9. The fourth-order valence-electron chi connectivity index (χ4n) is 3.31. The van der Waals surface area contributed by atoms with Crippen LogP contribution in [0.2, 0.25) is 0 Å². The molecule has 0 radical (unpaired) electrons. The lowest BCUT2D eigenvalue weighted by molar-refractivity contribution is 0.0567. The Morgan fingerprint density at radius 2 is 2.04 bits per heavy atom. The predicted octanol–water partition coefficient (Wildman–Crippen LogP) is 3.56. The molecule has 136 valence electrons. The van der Waals surface area contributed by atoms with Gasteiger partial charge >= 0.3 is 0 Å². The zero-order chi connectivity index (χ0) is 17.3. The molecule has 2 unspecified atom stereocenters. The van der Waals surface area contributed by atoms with Crippen LogP contribution in [0.15, 0.2) is 34.8 Å². The van der Waals surface area contributed by atoms with Crippen molar-refractivity contribution in [1.82, 2.24) is 14.7 Å². The normalized spacial score (nSPS) is 20.2. The number of carbonyl (C=O) groups is 1. The summed E-state index contributed by atoms with van der Waals surface area (Å²) < 4.78 is 2.82.